The molecule has 0 spiro atoms. The fourth-order valence-corrected chi connectivity index (χ4v) is 5.28. The second-order valence-electron chi connectivity index (χ2n) is 8.55. The van der Waals surface area contributed by atoms with E-state index in [2.05, 4.69) is 5.32 Å². The topological polar surface area (TPSA) is 102 Å². The maximum Gasteiger partial charge on any atom is 0.309 e. The van der Waals surface area contributed by atoms with Crippen molar-refractivity contribution in [1.29, 1.82) is 0 Å². The van der Waals surface area contributed by atoms with Crippen molar-refractivity contribution in [1.82, 2.24) is 9.62 Å². The molecule has 1 amide bonds. The third-order valence-electron chi connectivity index (χ3n) is 5.93. The van der Waals surface area contributed by atoms with Gasteiger partial charge < -0.3 is 14.8 Å². The number of nitrogens with one attached hydrogen (secondary N) is 1. The number of carbonyl (C=O) groups excluding carboxylic acids is 2. The van der Waals surface area contributed by atoms with Gasteiger partial charge in [0.15, 0.2) is 6.61 Å². The summed E-state index contributed by atoms with van der Waals surface area (Å²) < 4.78 is 38.0. The Morgan fingerprint density at radius 1 is 1.03 bits per heavy atom. The Labute approximate surface area is 201 Å². The van der Waals surface area contributed by atoms with Gasteiger partial charge in [0.05, 0.1) is 17.4 Å². The number of nitrogens with zero attached hydrogens (tertiary/aromatic N) is 1. The largest absolute Gasteiger partial charge is 0.492 e. The smallest absolute Gasteiger partial charge is 0.309 e. The molecule has 2 aromatic carbocycles. The maximum atomic E-state index is 12.9. The van der Waals surface area contributed by atoms with Crippen LogP contribution in [0.3, 0.4) is 0 Å². The van der Waals surface area contributed by atoms with Gasteiger partial charge in [-0.3, -0.25) is 9.59 Å². The van der Waals surface area contributed by atoms with E-state index < -0.39 is 27.8 Å². The number of aryl methyl sites for hydroxylation is 3. The molecule has 3 rings (SSSR count). The molecule has 1 N–H and O–H groups in total. The second kappa shape index (κ2) is 11.5. The van der Waals surface area contributed by atoms with Crippen molar-refractivity contribution in [3.63, 3.8) is 0 Å². The minimum absolute atomic E-state index is 0.234. The number of sulfonamides is 1. The Morgan fingerprint density at radius 3 is 2.44 bits per heavy atom. The molecule has 0 aromatic heterocycles. The fourth-order valence-electron chi connectivity index (χ4n) is 3.73. The molecule has 1 saturated heterocycles. The van der Waals surface area contributed by atoms with E-state index in [1.807, 2.05) is 45.0 Å². The van der Waals surface area contributed by atoms with Crippen molar-refractivity contribution < 1.29 is 27.5 Å². The van der Waals surface area contributed by atoms with Gasteiger partial charge in [-0.1, -0.05) is 18.2 Å². The molecule has 0 aliphatic carbocycles. The van der Waals surface area contributed by atoms with Gasteiger partial charge in [-0.25, -0.2) is 8.42 Å². The third kappa shape index (κ3) is 6.80. The summed E-state index contributed by atoms with van der Waals surface area (Å²) in [5.41, 5.74) is 3.03. The van der Waals surface area contributed by atoms with Crippen LogP contribution in [0.2, 0.25) is 0 Å². The van der Waals surface area contributed by atoms with Gasteiger partial charge in [0.1, 0.15) is 12.4 Å². The first-order chi connectivity index (χ1) is 16.2. The van der Waals surface area contributed by atoms with Crippen LogP contribution in [0.5, 0.6) is 5.75 Å². The van der Waals surface area contributed by atoms with E-state index >= 15 is 0 Å². The quantitative estimate of drug-likeness (QED) is 0.430. The molecule has 8 nitrogen and oxygen atoms in total. The summed E-state index contributed by atoms with van der Waals surface area (Å²) in [7, 11) is -3.61. The molecule has 1 aliphatic heterocycles. The van der Waals surface area contributed by atoms with Gasteiger partial charge >= 0.3 is 5.97 Å². The highest BCUT2D eigenvalue weighted by atomic mass is 32.2. The lowest BCUT2D eigenvalue weighted by Gasteiger charge is -2.30. The molecule has 0 unspecified atom stereocenters. The van der Waals surface area contributed by atoms with Crippen LogP contribution in [0, 0.1) is 26.7 Å². The number of rotatable bonds is 9. The van der Waals surface area contributed by atoms with Crippen molar-refractivity contribution in [2.75, 3.05) is 32.8 Å². The van der Waals surface area contributed by atoms with Gasteiger partial charge in [-0.15, -0.1) is 0 Å². The summed E-state index contributed by atoms with van der Waals surface area (Å²) in [5.74, 6) is -0.583. The van der Waals surface area contributed by atoms with E-state index in [4.69, 9.17) is 9.47 Å². The number of carbonyl (C=O) groups is 2. The number of hydrogen-bond acceptors (Lipinski definition) is 6. The monoisotopic (exact) mass is 488 g/mol. The second-order valence-corrected chi connectivity index (χ2v) is 10.5. The van der Waals surface area contributed by atoms with Crippen LogP contribution in [0.15, 0.2) is 47.4 Å². The van der Waals surface area contributed by atoms with E-state index in [1.165, 1.54) is 4.31 Å². The van der Waals surface area contributed by atoms with Crippen molar-refractivity contribution in [3.05, 3.63) is 59.2 Å². The van der Waals surface area contributed by atoms with Gasteiger partial charge in [-0.05, 0) is 74.6 Å². The zero-order valence-corrected chi connectivity index (χ0v) is 20.7. The first-order valence-corrected chi connectivity index (χ1v) is 12.8. The Kier molecular flexibility index (Phi) is 8.68. The standard InChI is InChI=1S/C25H32N2O6S/c1-18-5-4-6-22(15-18)32-14-11-26-24(28)17-33-25(29)21-9-12-27(13-10-21)34(30,31)23-8-7-19(2)20(3)16-23/h4-8,15-16,21H,9-14,17H2,1-3H3,(H,26,28). The fraction of sp³-hybridized carbons (Fsp3) is 0.440. The summed E-state index contributed by atoms with van der Waals surface area (Å²) in [5, 5.41) is 2.65. The highest BCUT2D eigenvalue weighted by Gasteiger charge is 2.33. The lowest BCUT2D eigenvalue weighted by molar-refractivity contribution is -0.153. The molecule has 1 aliphatic rings. The Hall–Kier alpha value is -2.91. The van der Waals surface area contributed by atoms with Crippen LogP contribution in [0.4, 0.5) is 0 Å². The molecule has 34 heavy (non-hydrogen) atoms. The van der Waals surface area contributed by atoms with E-state index in [0.717, 1.165) is 22.4 Å². The van der Waals surface area contributed by atoms with Crippen LogP contribution < -0.4 is 10.1 Å². The van der Waals surface area contributed by atoms with Crippen LogP contribution in [0.25, 0.3) is 0 Å². The zero-order chi connectivity index (χ0) is 24.7. The van der Waals surface area contributed by atoms with Crippen molar-refractivity contribution in [2.45, 2.75) is 38.5 Å². The summed E-state index contributed by atoms with van der Waals surface area (Å²) in [6, 6.07) is 12.7. The molecule has 0 atom stereocenters. The highest BCUT2D eigenvalue weighted by molar-refractivity contribution is 7.89. The van der Waals surface area contributed by atoms with E-state index in [9.17, 15) is 18.0 Å². The van der Waals surface area contributed by atoms with Gasteiger partial charge in [-0.2, -0.15) is 4.31 Å². The normalized spacial score (nSPS) is 15.0. The van der Waals surface area contributed by atoms with Gasteiger partial charge in [0.25, 0.3) is 5.91 Å². The maximum absolute atomic E-state index is 12.9. The SMILES string of the molecule is Cc1cccc(OCCNC(=O)COC(=O)C2CCN(S(=O)(=O)c3ccc(C)c(C)c3)CC2)c1. The molecule has 1 fully saturated rings. The molecule has 0 bridgehead atoms. The van der Waals surface area contributed by atoms with Crippen LogP contribution in [-0.4, -0.2) is 57.4 Å². The average molecular weight is 489 g/mol. The first kappa shape index (κ1) is 25.7. The Bertz CT molecular complexity index is 1120. The summed E-state index contributed by atoms with van der Waals surface area (Å²) in [6.07, 6.45) is 0.712. The molecule has 0 saturated carbocycles. The predicted molar refractivity (Wildman–Crippen MR) is 128 cm³/mol. The zero-order valence-electron chi connectivity index (χ0n) is 19.9. The molecule has 2 aromatic rings. The third-order valence-corrected chi connectivity index (χ3v) is 7.83. The first-order valence-electron chi connectivity index (χ1n) is 11.4. The van der Waals surface area contributed by atoms with Crippen LogP contribution in [0.1, 0.15) is 29.5 Å². The minimum Gasteiger partial charge on any atom is -0.492 e. The summed E-state index contributed by atoms with van der Waals surface area (Å²) in [4.78, 5) is 24.6. The van der Waals surface area contributed by atoms with Crippen molar-refractivity contribution in [2.24, 2.45) is 5.92 Å². The van der Waals surface area contributed by atoms with E-state index in [0.29, 0.717) is 26.0 Å². The number of benzene rings is 2. The summed E-state index contributed by atoms with van der Waals surface area (Å²) in [6.45, 7) is 6.47. The number of amides is 1. The molecular weight excluding hydrogens is 456 g/mol. The summed E-state index contributed by atoms with van der Waals surface area (Å²) >= 11 is 0. The molecule has 9 heteroatoms. The van der Waals surface area contributed by atoms with Crippen molar-refractivity contribution >= 4 is 21.9 Å². The number of hydrogen-bond donors (Lipinski definition) is 1. The Balaban J connectivity index is 1.38. The number of ether oxygens (including phenoxy) is 2. The number of piperidine rings is 1. The highest BCUT2D eigenvalue weighted by Crippen LogP contribution is 2.25. The molecule has 1 heterocycles. The van der Waals surface area contributed by atoms with E-state index in [1.54, 1.807) is 18.2 Å². The number of esters is 1. The van der Waals surface area contributed by atoms with Crippen molar-refractivity contribution in [3.8, 4) is 5.75 Å². The molecule has 0 radical (unpaired) electrons. The van der Waals surface area contributed by atoms with Crippen LogP contribution >= 0.6 is 0 Å². The minimum atomic E-state index is -3.61. The Morgan fingerprint density at radius 2 is 1.76 bits per heavy atom. The lowest BCUT2D eigenvalue weighted by Crippen LogP contribution is -2.41. The van der Waals surface area contributed by atoms with E-state index in [-0.39, 0.29) is 24.6 Å². The van der Waals surface area contributed by atoms with Crippen LogP contribution in [-0.2, 0) is 24.3 Å². The average Bonchev–Trinajstić information content (AvgIpc) is 2.82. The van der Waals surface area contributed by atoms with Gasteiger partial charge in [0, 0.05) is 13.1 Å². The predicted octanol–water partition coefficient (Wildman–Crippen LogP) is 2.75. The van der Waals surface area contributed by atoms with Gasteiger partial charge in [0.2, 0.25) is 10.0 Å². The molecular formula is C25H32N2O6S. The lowest BCUT2D eigenvalue weighted by atomic mass is 9.98. The molecule has 184 valence electrons.